The molecule has 1 fully saturated rings. The smallest absolute Gasteiger partial charge is 0.410 e. The van der Waals surface area contributed by atoms with E-state index in [2.05, 4.69) is 4.98 Å². The molecule has 1 aliphatic carbocycles. The van der Waals surface area contributed by atoms with Gasteiger partial charge in [-0.2, -0.15) is 0 Å². The summed E-state index contributed by atoms with van der Waals surface area (Å²) in [5.41, 5.74) is 1.24. The third kappa shape index (κ3) is 3.17. The van der Waals surface area contributed by atoms with E-state index < -0.39 is 22.9 Å². The Balaban J connectivity index is 1.81. The Hall–Kier alpha value is -2.50. The van der Waals surface area contributed by atoms with Gasteiger partial charge < -0.3 is 9.64 Å². The number of fused-ring (bicyclic) bond motifs is 2. The van der Waals surface area contributed by atoms with Crippen LogP contribution in [0.2, 0.25) is 0 Å². The monoisotopic (exact) mass is 372 g/mol. The summed E-state index contributed by atoms with van der Waals surface area (Å²) in [6.45, 7) is 6.06. The summed E-state index contributed by atoms with van der Waals surface area (Å²) in [6.07, 6.45) is 3.84. The number of ether oxygens (including phenoxy) is 1. The Labute approximate surface area is 157 Å². The third-order valence-electron chi connectivity index (χ3n) is 5.20. The van der Waals surface area contributed by atoms with Crippen molar-refractivity contribution < 1.29 is 18.3 Å². The van der Waals surface area contributed by atoms with Gasteiger partial charge in [0.2, 0.25) is 0 Å². The van der Waals surface area contributed by atoms with E-state index in [-0.39, 0.29) is 12.4 Å². The van der Waals surface area contributed by atoms with E-state index in [0.29, 0.717) is 28.8 Å². The predicted molar refractivity (Wildman–Crippen MR) is 97.1 cm³/mol. The van der Waals surface area contributed by atoms with Crippen LogP contribution in [0.4, 0.5) is 13.6 Å². The first kappa shape index (κ1) is 17.9. The molecule has 0 saturated heterocycles. The van der Waals surface area contributed by atoms with Crippen LogP contribution in [0, 0.1) is 11.6 Å². The fourth-order valence-electron chi connectivity index (χ4n) is 3.91. The minimum absolute atomic E-state index is 0.195. The van der Waals surface area contributed by atoms with Crippen molar-refractivity contribution in [1.82, 2.24) is 9.88 Å². The number of aromatic nitrogens is 1. The molecule has 142 valence electrons. The van der Waals surface area contributed by atoms with Gasteiger partial charge in [0.1, 0.15) is 17.2 Å². The number of nitrogens with zero attached hydrogens (tertiary/aromatic N) is 2. The van der Waals surface area contributed by atoms with Gasteiger partial charge in [-0.1, -0.05) is 6.07 Å². The van der Waals surface area contributed by atoms with Crippen LogP contribution in [-0.2, 0) is 16.7 Å². The van der Waals surface area contributed by atoms with Crippen molar-refractivity contribution in [3.8, 4) is 11.1 Å². The van der Waals surface area contributed by atoms with E-state index in [4.69, 9.17) is 4.74 Å². The summed E-state index contributed by atoms with van der Waals surface area (Å²) in [5.74, 6) is -0.755. The normalized spacial score (nSPS) is 17.6. The third-order valence-corrected chi connectivity index (χ3v) is 5.20. The van der Waals surface area contributed by atoms with Crippen molar-refractivity contribution in [3.63, 3.8) is 0 Å². The Morgan fingerprint density at radius 3 is 2.52 bits per heavy atom. The van der Waals surface area contributed by atoms with Crippen LogP contribution < -0.4 is 0 Å². The predicted octanol–water partition coefficient (Wildman–Crippen LogP) is 4.81. The minimum Gasteiger partial charge on any atom is -0.444 e. The van der Waals surface area contributed by atoms with E-state index in [1.165, 1.54) is 12.3 Å². The van der Waals surface area contributed by atoms with Gasteiger partial charge in [-0.15, -0.1) is 0 Å². The number of carbonyl (C=O) groups is 1. The largest absolute Gasteiger partial charge is 0.444 e. The maximum Gasteiger partial charge on any atom is 0.410 e. The average Bonchev–Trinajstić information content (AvgIpc) is 3.33. The second-order valence-corrected chi connectivity index (χ2v) is 8.42. The molecule has 6 heteroatoms. The summed E-state index contributed by atoms with van der Waals surface area (Å²) >= 11 is 0. The van der Waals surface area contributed by atoms with Crippen molar-refractivity contribution in [2.24, 2.45) is 0 Å². The first-order valence-electron chi connectivity index (χ1n) is 9.10. The number of amides is 1. The second kappa shape index (κ2) is 6.01. The van der Waals surface area contributed by atoms with Gasteiger partial charge in [0, 0.05) is 29.3 Å². The fourth-order valence-corrected chi connectivity index (χ4v) is 3.91. The number of carbonyl (C=O) groups excluding carboxylic acids is 1. The van der Waals surface area contributed by atoms with E-state index in [1.807, 2.05) is 20.8 Å². The Morgan fingerprint density at radius 1 is 1.15 bits per heavy atom. The molecule has 1 aliphatic heterocycles. The molecule has 4 nitrogen and oxygen atoms in total. The Kier molecular flexibility index (Phi) is 3.98. The van der Waals surface area contributed by atoms with Gasteiger partial charge in [-0.25, -0.2) is 13.6 Å². The summed E-state index contributed by atoms with van der Waals surface area (Å²) in [7, 11) is 0. The molecule has 4 rings (SSSR count). The Bertz CT molecular complexity index is 917. The highest BCUT2D eigenvalue weighted by atomic mass is 19.1. The van der Waals surface area contributed by atoms with Gasteiger partial charge in [0.15, 0.2) is 0 Å². The number of hydrogen-bond acceptors (Lipinski definition) is 3. The molecule has 0 radical (unpaired) electrons. The van der Waals surface area contributed by atoms with Crippen LogP contribution in [0.15, 0.2) is 30.6 Å². The van der Waals surface area contributed by atoms with Crippen LogP contribution in [0.25, 0.3) is 11.1 Å². The maximum atomic E-state index is 14.8. The lowest BCUT2D eigenvalue weighted by Gasteiger charge is -2.37. The van der Waals surface area contributed by atoms with Gasteiger partial charge in [-0.05, 0) is 56.9 Å². The van der Waals surface area contributed by atoms with Gasteiger partial charge in [-0.3, -0.25) is 4.98 Å². The van der Waals surface area contributed by atoms with Crippen LogP contribution in [-0.4, -0.2) is 28.1 Å². The van der Waals surface area contributed by atoms with Crippen molar-refractivity contribution in [2.45, 2.75) is 51.2 Å². The molecule has 0 N–H and O–H groups in total. The molecule has 1 aromatic heterocycles. The van der Waals surface area contributed by atoms with Crippen LogP contribution >= 0.6 is 0 Å². The highest BCUT2D eigenvalue weighted by molar-refractivity contribution is 5.74. The molecule has 0 atom stereocenters. The fraction of sp³-hybridized carbons (Fsp3) is 0.429. The topological polar surface area (TPSA) is 42.4 Å². The summed E-state index contributed by atoms with van der Waals surface area (Å²) in [4.78, 5) is 18.1. The first-order chi connectivity index (χ1) is 12.7. The lowest BCUT2D eigenvalue weighted by molar-refractivity contribution is 0.0195. The molecular weight excluding hydrogens is 350 g/mol. The zero-order valence-electron chi connectivity index (χ0n) is 15.7. The quantitative estimate of drug-likeness (QED) is 0.721. The molecule has 1 saturated carbocycles. The molecule has 1 spiro atoms. The Morgan fingerprint density at radius 2 is 1.89 bits per heavy atom. The summed E-state index contributed by atoms with van der Waals surface area (Å²) in [6, 6.07) is 4.56. The second-order valence-electron chi connectivity index (χ2n) is 8.42. The molecule has 0 bridgehead atoms. The van der Waals surface area contributed by atoms with E-state index in [1.54, 1.807) is 17.0 Å². The molecule has 2 heterocycles. The van der Waals surface area contributed by atoms with Gasteiger partial charge >= 0.3 is 6.09 Å². The summed E-state index contributed by atoms with van der Waals surface area (Å²) in [5, 5.41) is 0. The number of benzene rings is 1. The van der Waals surface area contributed by atoms with Gasteiger partial charge in [0.05, 0.1) is 12.7 Å². The minimum atomic E-state index is -0.615. The number of pyridine rings is 1. The first-order valence-corrected chi connectivity index (χ1v) is 9.10. The van der Waals surface area contributed by atoms with E-state index >= 15 is 0 Å². The molecule has 1 aromatic carbocycles. The zero-order valence-corrected chi connectivity index (χ0v) is 15.7. The zero-order chi connectivity index (χ0) is 19.4. The lowest BCUT2D eigenvalue weighted by Crippen LogP contribution is -2.44. The highest BCUT2D eigenvalue weighted by Crippen LogP contribution is 2.54. The molecular formula is C21H22F2N2O2. The number of rotatable bonds is 1. The molecule has 27 heavy (non-hydrogen) atoms. The van der Waals surface area contributed by atoms with E-state index in [0.717, 1.165) is 19.0 Å². The number of halogens is 2. The average molecular weight is 372 g/mol. The van der Waals surface area contributed by atoms with Crippen molar-refractivity contribution >= 4 is 6.09 Å². The van der Waals surface area contributed by atoms with Crippen molar-refractivity contribution in [2.75, 3.05) is 6.54 Å². The van der Waals surface area contributed by atoms with Crippen LogP contribution in [0.3, 0.4) is 0 Å². The SMILES string of the molecule is CC(C)(C)OC(=O)N1Cc2c(-c3ccncc3F)ccc(F)c2C2(CC2)C1. The lowest BCUT2D eigenvalue weighted by atomic mass is 9.82. The van der Waals surface area contributed by atoms with Crippen molar-refractivity contribution in [3.05, 3.63) is 53.4 Å². The highest BCUT2D eigenvalue weighted by Gasteiger charge is 2.52. The number of hydrogen-bond donors (Lipinski definition) is 0. The molecule has 1 amide bonds. The van der Waals surface area contributed by atoms with Gasteiger partial charge in [0.25, 0.3) is 0 Å². The maximum absolute atomic E-state index is 14.8. The van der Waals surface area contributed by atoms with Crippen LogP contribution in [0.1, 0.15) is 44.7 Å². The van der Waals surface area contributed by atoms with Crippen molar-refractivity contribution in [1.29, 1.82) is 0 Å². The van der Waals surface area contributed by atoms with E-state index in [9.17, 15) is 13.6 Å². The summed E-state index contributed by atoms with van der Waals surface area (Å²) < 4.78 is 34.7. The molecule has 2 aliphatic rings. The standard InChI is InChI=1S/C21H22F2N2O2/c1-20(2,3)27-19(26)25-11-15-13(14-6-9-24-10-17(14)23)4-5-16(22)18(15)21(12-25)7-8-21/h4-6,9-10H,7-8,11-12H2,1-3H3. The van der Waals surface area contributed by atoms with Crippen LogP contribution in [0.5, 0.6) is 0 Å². The molecule has 2 aromatic rings. The molecule has 0 unspecified atom stereocenters.